The van der Waals surface area contributed by atoms with Crippen molar-refractivity contribution in [1.82, 2.24) is 19.5 Å². The number of hydrogen-bond donors (Lipinski definition) is 2. The van der Waals surface area contributed by atoms with E-state index in [2.05, 4.69) is 25.6 Å². The third kappa shape index (κ3) is 5.49. The van der Waals surface area contributed by atoms with Crippen molar-refractivity contribution in [3.05, 3.63) is 95.5 Å². The van der Waals surface area contributed by atoms with Crippen LogP contribution in [0.2, 0.25) is 0 Å². The van der Waals surface area contributed by atoms with Crippen LogP contribution in [0.1, 0.15) is 23.7 Å². The van der Waals surface area contributed by atoms with E-state index in [1.54, 1.807) is 18.6 Å². The van der Waals surface area contributed by atoms with Crippen LogP contribution in [-0.4, -0.2) is 19.5 Å². The zero-order valence-electron chi connectivity index (χ0n) is 20.0. The van der Waals surface area contributed by atoms with E-state index in [-0.39, 0.29) is 5.69 Å². The van der Waals surface area contributed by atoms with Gasteiger partial charge in [0, 0.05) is 40.4 Å². The largest absolute Gasteiger partial charge is 0.418 e. The third-order valence-corrected chi connectivity index (χ3v) is 6.56. The molecule has 10 heteroatoms. The molecular formula is C27H23F3N6S. The first-order valence-electron chi connectivity index (χ1n) is 11.6. The molecule has 0 fully saturated rings. The first-order valence-corrected chi connectivity index (χ1v) is 12.4. The number of imidazole rings is 1. The lowest BCUT2D eigenvalue weighted by atomic mass is 10.1. The van der Waals surface area contributed by atoms with Crippen molar-refractivity contribution in [3.63, 3.8) is 0 Å². The molecule has 0 radical (unpaired) electrons. The van der Waals surface area contributed by atoms with Crippen LogP contribution in [0.3, 0.4) is 0 Å². The van der Waals surface area contributed by atoms with E-state index in [4.69, 9.17) is 0 Å². The number of rotatable bonds is 7. The Morgan fingerprint density at radius 3 is 2.49 bits per heavy atom. The molecule has 0 atom stereocenters. The van der Waals surface area contributed by atoms with Crippen LogP contribution >= 0.6 is 11.3 Å². The molecule has 0 bridgehead atoms. The summed E-state index contributed by atoms with van der Waals surface area (Å²) in [5.74, 6) is 0.556. The number of thiazole rings is 1. The van der Waals surface area contributed by atoms with E-state index in [1.807, 2.05) is 66.4 Å². The lowest BCUT2D eigenvalue weighted by Gasteiger charge is -2.16. The molecule has 0 aliphatic heterocycles. The van der Waals surface area contributed by atoms with Crippen LogP contribution in [0, 0.1) is 6.92 Å². The number of anilines is 4. The fourth-order valence-electron chi connectivity index (χ4n) is 3.88. The fraction of sp³-hybridized carbons (Fsp3) is 0.148. The first kappa shape index (κ1) is 24.5. The number of benzene rings is 2. The van der Waals surface area contributed by atoms with Gasteiger partial charge >= 0.3 is 6.18 Å². The Hall–Kier alpha value is -4.18. The molecule has 5 aromatic rings. The van der Waals surface area contributed by atoms with Gasteiger partial charge in [-0.05, 0) is 55.3 Å². The van der Waals surface area contributed by atoms with Crippen molar-refractivity contribution in [1.29, 1.82) is 0 Å². The predicted octanol–water partition coefficient (Wildman–Crippen LogP) is 7.77. The Morgan fingerprint density at radius 2 is 1.78 bits per heavy atom. The lowest BCUT2D eigenvalue weighted by molar-refractivity contribution is -0.136. The summed E-state index contributed by atoms with van der Waals surface area (Å²) in [6.07, 6.45) is 1.40. The summed E-state index contributed by atoms with van der Waals surface area (Å²) in [5.41, 5.74) is 3.65. The van der Waals surface area contributed by atoms with Crippen molar-refractivity contribution in [3.8, 4) is 16.9 Å². The van der Waals surface area contributed by atoms with E-state index in [1.165, 1.54) is 17.4 Å². The van der Waals surface area contributed by atoms with Gasteiger partial charge in [0.2, 0.25) is 0 Å². The van der Waals surface area contributed by atoms with Crippen LogP contribution in [0.4, 0.5) is 35.5 Å². The molecule has 2 aromatic carbocycles. The summed E-state index contributed by atoms with van der Waals surface area (Å²) in [7, 11) is 0. The van der Waals surface area contributed by atoms with Gasteiger partial charge in [-0.1, -0.05) is 25.1 Å². The minimum atomic E-state index is -4.56. The summed E-state index contributed by atoms with van der Waals surface area (Å²) in [6.45, 7) is 3.82. The summed E-state index contributed by atoms with van der Waals surface area (Å²) in [5, 5.41) is 8.09. The van der Waals surface area contributed by atoms with Gasteiger partial charge in [0.25, 0.3) is 0 Å². The standard InChI is InChI=1S/C27H23F3N6S/c1-3-18-5-4-17(2)32-25(18)33-20-8-11-23(22(14-20)27(28,29)30)34-26-35-24(15-37-26)19-6-9-21(10-7-19)36-13-12-31-16-36/h4-16H,3H2,1-2H3,(H,32,33)(H,34,35). The summed E-state index contributed by atoms with van der Waals surface area (Å²) < 4.78 is 43.9. The molecule has 0 aliphatic rings. The molecule has 0 spiro atoms. The number of halogens is 3. The normalized spacial score (nSPS) is 11.5. The van der Waals surface area contributed by atoms with E-state index in [0.717, 1.165) is 28.6 Å². The summed E-state index contributed by atoms with van der Waals surface area (Å²) >= 11 is 1.24. The molecule has 0 saturated carbocycles. The van der Waals surface area contributed by atoms with Gasteiger partial charge in [0.05, 0.1) is 23.3 Å². The molecule has 2 N–H and O–H groups in total. The number of nitrogens with zero attached hydrogens (tertiary/aromatic N) is 4. The highest BCUT2D eigenvalue weighted by Crippen LogP contribution is 2.39. The molecule has 188 valence electrons. The number of aryl methyl sites for hydroxylation is 2. The van der Waals surface area contributed by atoms with Gasteiger partial charge in [-0.15, -0.1) is 11.3 Å². The van der Waals surface area contributed by atoms with Crippen LogP contribution < -0.4 is 10.6 Å². The molecule has 6 nitrogen and oxygen atoms in total. The minimum absolute atomic E-state index is 0.0673. The average molecular weight is 521 g/mol. The summed E-state index contributed by atoms with van der Waals surface area (Å²) in [4.78, 5) is 13.0. The van der Waals surface area contributed by atoms with Crippen molar-refractivity contribution in [2.45, 2.75) is 26.4 Å². The van der Waals surface area contributed by atoms with Gasteiger partial charge in [-0.3, -0.25) is 0 Å². The smallest absolute Gasteiger partial charge is 0.340 e. The van der Waals surface area contributed by atoms with Gasteiger partial charge in [-0.2, -0.15) is 13.2 Å². The molecule has 5 rings (SSSR count). The minimum Gasteiger partial charge on any atom is -0.340 e. The third-order valence-electron chi connectivity index (χ3n) is 5.80. The topological polar surface area (TPSA) is 67.7 Å². The van der Waals surface area contributed by atoms with E-state index in [0.29, 0.717) is 28.8 Å². The van der Waals surface area contributed by atoms with E-state index in [9.17, 15) is 13.2 Å². The molecule has 0 saturated heterocycles. The molecule has 3 aromatic heterocycles. The number of hydrogen-bond acceptors (Lipinski definition) is 6. The highest BCUT2D eigenvalue weighted by Gasteiger charge is 2.34. The maximum atomic E-state index is 14.0. The second-order valence-corrected chi connectivity index (χ2v) is 9.23. The molecule has 0 aliphatic carbocycles. The first-order chi connectivity index (χ1) is 17.8. The molecule has 3 heterocycles. The Kier molecular flexibility index (Phi) is 6.66. The van der Waals surface area contributed by atoms with Crippen molar-refractivity contribution in [2.75, 3.05) is 10.6 Å². The van der Waals surface area contributed by atoms with E-state index >= 15 is 0 Å². The maximum Gasteiger partial charge on any atom is 0.418 e. The predicted molar refractivity (Wildman–Crippen MR) is 141 cm³/mol. The molecule has 0 unspecified atom stereocenters. The summed E-state index contributed by atoms with van der Waals surface area (Å²) in [6, 6.07) is 15.6. The molecule has 0 amide bonds. The monoisotopic (exact) mass is 520 g/mol. The Labute approximate surface area is 215 Å². The quantitative estimate of drug-likeness (QED) is 0.229. The Bertz CT molecular complexity index is 1510. The van der Waals surface area contributed by atoms with Crippen molar-refractivity contribution >= 4 is 33.7 Å². The number of alkyl halides is 3. The molecule has 37 heavy (non-hydrogen) atoms. The number of pyridine rings is 1. The van der Waals surface area contributed by atoms with Crippen LogP contribution in [0.15, 0.2) is 78.7 Å². The Balaban J connectivity index is 1.38. The molecular weight excluding hydrogens is 497 g/mol. The zero-order chi connectivity index (χ0) is 26.0. The van der Waals surface area contributed by atoms with Crippen LogP contribution in [0.5, 0.6) is 0 Å². The maximum absolute atomic E-state index is 14.0. The highest BCUT2D eigenvalue weighted by molar-refractivity contribution is 7.14. The van der Waals surface area contributed by atoms with Gasteiger partial charge in [0.1, 0.15) is 5.82 Å². The second-order valence-electron chi connectivity index (χ2n) is 8.38. The second kappa shape index (κ2) is 10.1. The van der Waals surface area contributed by atoms with Crippen LogP contribution in [-0.2, 0) is 12.6 Å². The van der Waals surface area contributed by atoms with Gasteiger partial charge in [0.15, 0.2) is 5.13 Å². The Morgan fingerprint density at radius 1 is 0.973 bits per heavy atom. The number of nitrogens with one attached hydrogen (secondary N) is 2. The van der Waals surface area contributed by atoms with Crippen molar-refractivity contribution < 1.29 is 13.2 Å². The zero-order valence-corrected chi connectivity index (χ0v) is 20.9. The lowest BCUT2D eigenvalue weighted by Crippen LogP contribution is -2.10. The van der Waals surface area contributed by atoms with Crippen LogP contribution in [0.25, 0.3) is 16.9 Å². The number of aromatic nitrogens is 4. The highest BCUT2D eigenvalue weighted by atomic mass is 32.1. The average Bonchev–Trinajstić information content (AvgIpc) is 3.57. The van der Waals surface area contributed by atoms with Crippen molar-refractivity contribution in [2.24, 2.45) is 0 Å². The van der Waals surface area contributed by atoms with Gasteiger partial charge in [-0.25, -0.2) is 15.0 Å². The fourth-order valence-corrected chi connectivity index (χ4v) is 4.61. The SMILES string of the molecule is CCc1ccc(C)nc1Nc1ccc(Nc2nc(-c3ccc(-n4ccnc4)cc3)cs2)c(C(F)(F)F)c1. The van der Waals surface area contributed by atoms with E-state index < -0.39 is 11.7 Å². The van der Waals surface area contributed by atoms with Gasteiger partial charge < -0.3 is 15.2 Å².